The number of nitrogens with one attached hydrogen (secondary N) is 1. The summed E-state index contributed by atoms with van der Waals surface area (Å²) in [5.74, 6) is -0.315. The Morgan fingerprint density at radius 2 is 1.67 bits per heavy atom. The van der Waals surface area contributed by atoms with Gasteiger partial charge in [-0.3, -0.25) is 0 Å². The normalized spacial score (nSPS) is 16.5. The quantitative estimate of drug-likeness (QED) is 0.522. The van der Waals surface area contributed by atoms with E-state index in [2.05, 4.69) is 12.2 Å². The Morgan fingerprint density at radius 1 is 0.952 bits per heavy atom. The van der Waals surface area contributed by atoms with Gasteiger partial charge in [0.2, 0.25) is 0 Å². The lowest BCUT2D eigenvalue weighted by Crippen LogP contribution is -2.53. The molecule has 0 heterocycles. The van der Waals surface area contributed by atoms with Crippen molar-refractivity contribution in [3.8, 4) is 0 Å². The second-order valence-corrected chi connectivity index (χ2v) is 5.75. The lowest BCUT2D eigenvalue weighted by Gasteiger charge is -2.27. The molecule has 21 heavy (non-hydrogen) atoms. The molecule has 0 aromatic carbocycles. The van der Waals surface area contributed by atoms with Gasteiger partial charge in [0.1, 0.15) is 5.54 Å². The molecule has 1 amide bonds. The van der Waals surface area contributed by atoms with Gasteiger partial charge in [-0.05, 0) is 25.7 Å². The van der Waals surface area contributed by atoms with Gasteiger partial charge in [0.05, 0.1) is 13.2 Å². The Hall–Kier alpha value is -1.26. The highest BCUT2D eigenvalue weighted by Gasteiger charge is 2.44. The first-order valence-corrected chi connectivity index (χ1v) is 8.27. The highest BCUT2D eigenvalue weighted by atomic mass is 16.6. The maximum atomic E-state index is 12.2. The zero-order valence-corrected chi connectivity index (χ0v) is 13.4. The standard InChI is InChI=1S/C16H29NO4/c1-3-5-6-9-13-21-15(19)17-16(10-7-8-11-16)14(18)20-12-4-2/h3-13H2,1-2H3,(H,17,19). The summed E-state index contributed by atoms with van der Waals surface area (Å²) in [6, 6.07) is 0. The lowest BCUT2D eigenvalue weighted by atomic mass is 9.98. The van der Waals surface area contributed by atoms with Crippen molar-refractivity contribution in [3.63, 3.8) is 0 Å². The number of hydrogen-bond donors (Lipinski definition) is 1. The van der Waals surface area contributed by atoms with E-state index >= 15 is 0 Å². The third-order valence-electron chi connectivity index (χ3n) is 3.86. The Balaban J connectivity index is 2.39. The molecule has 0 aliphatic heterocycles. The minimum atomic E-state index is -0.865. The first-order chi connectivity index (χ1) is 10.1. The molecular weight excluding hydrogens is 270 g/mol. The van der Waals surface area contributed by atoms with Crippen LogP contribution in [0.2, 0.25) is 0 Å². The molecule has 0 spiro atoms. The topological polar surface area (TPSA) is 64.6 Å². The lowest BCUT2D eigenvalue weighted by molar-refractivity contribution is -0.151. The van der Waals surface area contributed by atoms with E-state index in [1.165, 1.54) is 0 Å². The zero-order chi connectivity index (χ0) is 15.6. The van der Waals surface area contributed by atoms with Gasteiger partial charge >= 0.3 is 12.1 Å². The molecular formula is C16H29NO4. The smallest absolute Gasteiger partial charge is 0.408 e. The van der Waals surface area contributed by atoms with Crippen LogP contribution >= 0.6 is 0 Å². The fourth-order valence-corrected chi connectivity index (χ4v) is 2.62. The van der Waals surface area contributed by atoms with Crippen LogP contribution in [0.4, 0.5) is 4.79 Å². The van der Waals surface area contributed by atoms with Gasteiger partial charge < -0.3 is 14.8 Å². The molecule has 1 aliphatic rings. The predicted molar refractivity (Wildman–Crippen MR) is 81.1 cm³/mol. The molecule has 0 unspecified atom stereocenters. The van der Waals surface area contributed by atoms with E-state index in [9.17, 15) is 9.59 Å². The molecule has 5 nitrogen and oxygen atoms in total. The molecule has 0 atom stereocenters. The van der Waals surface area contributed by atoms with Crippen molar-refractivity contribution in [2.24, 2.45) is 0 Å². The number of ether oxygens (including phenoxy) is 2. The zero-order valence-electron chi connectivity index (χ0n) is 13.4. The molecule has 1 N–H and O–H groups in total. The molecule has 0 bridgehead atoms. The monoisotopic (exact) mass is 299 g/mol. The number of rotatable bonds is 9. The SMILES string of the molecule is CCCCCCOC(=O)NC1(C(=O)OCCC)CCCC1. The van der Waals surface area contributed by atoms with E-state index in [1.54, 1.807) is 0 Å². The maximum Gasteiger partial charge on any atom is 0.408 e. The molecule has 1 aliphatic carbocycles. The highest BCUT2D eigenvalue weighted by Crippen LogP contribution is 2.31. The summed E-state index contributed by atoms with van der Waals surface area (Å²) in [5, 5.41) is 2.76. The molecule has 1 fully saturated rings. The van der Waals surface area contributed by atoms with Crippen molar-refractivity contribution >= 4 is 12.1 Å². The van der Waals surface area contributed by atoms with Crippen molar-refractivity contribution < 1.29 is 19.1 Å². The average molecular weight is 299 g/mol. The Labute approximate surface area is 127 Å². The van der Waals surface area contributed by atoms with E-state index < -0.39 is 11.6 Å². The minimum absolute atomic E-state index is 0.315. The van der Waals surface area contributed by atoms with E-state index in [1.807, 2.05) is 6.92 Å². The van der Waals surface area contributed by atoms with Gasteiger partial charge in [0, 0.05) is 0 Å². The van der Waals surface area contributed by atoms with Gasteiger partial charge in [-0.25, -0.2) is 9.59 Å². The molecule has 1 rings (SSSR count). The first kappa shape index (κ1) is 17.8. The average Bonchev–Trinajstić information content (AvgIpc) is 2.94. The predicted octanol–water partition coefficient (Wildman–Crippen LogP) is 3.56. The van der Waals surface area contributed by atoms with Crippen LogP contribution in [0.3, 0.4) is 0 Å². The van der Waals surface area contributed by atoms with Crippen LogP contribution in [-0.4, -0.2) is 30.8 Å². The number of unbranched alkanes of at least 4 members (excludes halogenated alkanes) is 3. The summed E-state index contributed by atoms with van der Waals surface area (Å²) in [7, 11) is 0. The van der Waals surface area contributed by atoms with Crippen LogP contribution in [-0.2, 0) is 14.3 Å². The third-order valence-corrected chi connectivity index (χ3v) is 3.86. The second kappa shape index (κ2) is 9.64. The number of carbonyl (C=O) groups excluding carboxylic acids is 2. The molecule has 0 radical (unpaired) electrons. The third kappa shape index (κ3) is 5.94. The summed E-state index contributed by atoms with van der Waals surface area (Å²) in [4.78, 5) is 24.1. The summed E-state index contributed by atoms with van der Waals surface area (Å²) in [6.07, 6.45) is 7.65. The van der Waals surface area contributed by atoms with Gasteiger partial charge in [-0.2, -0.15) is 0 Å². The van der Waals surface area contributed by atoms with Crippen LogP contribution in [0.5, 0.6) is 0 Å². The largest absolute Gasteiger partial charge is 0.464 e. The maximum absolute atomic E-state index is 12.2. The number of amides is 1. The van der Waals surface area contributed by atoms with Crippen molar-refractivity contribution in [3.05, 3.63) is 0 Å². The summed E-state index contributed by atoms with van der Waals surface area (Å²) in [5.41, 5.74) is -0.865. The molecule has 0 aromatic heterocycles. The Morgan fingerprint density at radius 3 is 2.29 bits per heavy atom. The van der Waals surface area contributed by atoms with Gasteiger partial charge in [0.15, 0.2) is 0 Å². The number of esters is 1. The highest BCUT2D eigenvalue weighted by molar-refractivity contribution is 5.86. The Kier molecular flexibility index (Phi) is 8.16. The van der Waals surface area contributed by atoms with E-state index in [4.69, 9.17) is 9.47 Å². The van der Waals surface area contributed by atoms with Crippen molar-refractivity contribution in [1.82, 2.24) is 5.32 Å². The summed E-state index contributed by atoms with van der Waals surface area (Å²) >= 11 is 0. The fraction of sp³-hybridized carbons (Fsp3) is 0.875. The molecule has 122 valence electrons. The van der Waals surface area contributed by atoms with Crippen molar-refractivity contribution in [1.29, 1.82) is 0 Å². The van der Waals surface area contributed by atoms with Gasteiger partial charge in [-0.15, -0.1) is 0 Å². The first-order valence-electron chi connectivity index (χ1n) is 8.27. The van der Waals surface area contributed by atoms with Crippen LogP contribution in [0.15, 0.2) is 0 Å². The van der Waals surface area contributed by atoms with Crippen molar-refractivity contribution in [2.45, 2.75) is 77.2 Å². The van der Waals surface area contributed by atoms with E-state index in [-0.39, 0.29) is 5.97 Å². The molecule has 0 saturated heterocycles. The summed E-state index contributed by atoms with van der Waals surface area (Å²) in [6.45, 7) is 4.90. The van der Waals surface area contributed by atoms with Gasteiger partial charge in [0.25, 0.3) is 0 Å². The number of hydrogen-bond acceptors (Lipinski definition) is 4. The summed E-state index contributed by atoms with van der Waals surface area (Å²) < 4.78 is 10.4. The van der Waals surface area contributed by atoms with Crippen LogP contribution in [0.1, 0.15) is 71.6 Å². The second-order valence-electron chi connectivity index (χ2n) is 5.75. The molecule has 0 aromatic rings. The van der Waals surface area contributed by atoms with Crippen LogP contribution in [0.25, 0.3) is 0 Å². The number of alkyl carbamates (subject to hydrolysis) is 1. The van der Waals surface area contributed by atoms with E-state index in [0.717, 1.165) is 44.9 Å². The number of carbonyl (C=O) groups is 2. The van der Waals surface area contributed by atoms with Gasteiger partial charge in [-0.1, -0.05) is 46.0 Å². The molecule has 5 heteroatoms. The van der Waals surface area contributed by atoms with E-state index in [0.29, 0.717) is 26.1 Å². The fourth-order valence-electron chi connectivity index (χ4n) is 2.62. The van der Waals surface area contributed by atoms with Crippen molar-refractivity contribution in [2.75, 3.05) is 13.2 Å². The Bertz CT molecular complexity index is 324. The van der Waals surface area contributed by atoms with Crippen LogP contribution < -0.4 is 5.32 Å². The van der Waals surface area contributed by atoms with Crippen LogP contribution in [0, 0.1) is 0 Å². The minimum Gasteiger partial charge on any atom is -0.464 e. The molecule has 1 saturated carbocycles.